The van der Waals surface area contributed by atoms with Crippen molar-refractivity contribution >= 4 is 16.8 Å². The van der Waals surface area contributed by atoms with Gasteiger partial charge in [-0.3, -0.25) is 9.59 Å². The van der Waals surface area contributed by atoms with Crippen LogP contribution in [0.5, 0.6) is 0 Å². The zero-order valence-electron chi connectivity index (χ0n) is 14.2. The monoisotopic (exact) mass is 328 g/mol. The highest BCUT2D eigenvalue weighted by atomic mass is 16.5. The van der Waals surface area contributed by atoms with E-state index in [-0.39, 0.29) is 17.6 Å². The molecule has 2 aromatic rings. The predicted molar refractivity (Wildman–Crippen MR) is 94.0 cm³/mol. The molecule has 1 N–H and O–H groups in total. The summed E-state index contributed by atoms with van der Waals surface area (Å²) in [6, 6.07) is 9.56. The first kappa shape index (κ1) is 16.7. The molecule has 3 rings (SSSR count). The number of fused-ring (bicyclic) bond motifs is 1. The van der Waals surface area contributed by atoms with Crippen LogP contribution in [0, 0.1) is 5.92 Å². The molecule has 0 bridgehead atoms. The van der Waals surface area contributed by atoms with E-state index in [4.69, 9.17) is 4.74 Å². The molecule has 0 spiro atoms. The summed E-state index contributed by atoms with van der Waals surface area (Å²) >= 11 is 0. The van der Waals surface area contributed by atoms with Gasteiger partial charge in [-0.15, -0.1) is 0 Å². The maximum Gasteiger partial charge on any atom is 0.251 e. The van der Waals surface area contributed by atoms with Gasteiger partial charge in [0.1, 0.15) is 0 Å². The van der Waals surface area contributed by atoms with Crippen molar-refractivity contribution in [3.8, 4) is 0 Å². The van der Waals surface area contributed by atoms with Gasteiger partial charge < -0.3 is 14.6 Å². The number of rotatable bonds is 4. The van der Waals surface area contributed by atoms with Crippen LogP contribution in [0.25, 0.3) is 10.9 Å². The van der Waals surface area contributed by atoms with Gasteiger partial charge >= 0.3 is 0 Å². The number of pyridine rings is 1. The summed E-state index contributed by atoms with van der Waals surface area (Å²) in [5, 5.41) is 0.991. The van der Waals surface area contributed by atoms with Crippen LogP contribution in [-0.4, -0.2) is 41.6 Å². The van der Waals surface area contributed by atoms with Crippen LogP contribution in [0.15, 0.2) is 35.1 Å². The quantitative estimate of drug-likeness (QED) is 0.937. The second-order valence-corrected chi connectivity index (χ2v) is 6.70. The minimum atomic E-state index is -0.108. The fourth-order valence-corrected chi connectivity index (χ4v) is 3.08. The van der Waals surface area contributed by atoms with E-state index in [0.717, 1.165) is 10.9 Å². The van der Waals surface area contributed by atoms with E-state index in [1.54, 1.807) is 0 Å². The number of morpholine rings is 1. The number of aromatic nitrogens is 1. The number of aromatic amines is 1. The molecule has 1 fully saturated rings. The number of hydrogen-bond acceptors (Lipinski definition) is 3. The molecule has 1 saturated heterocycles. The molecular weight excluding hydrogens is 304 g/mol. The second kappa shape index (κ2) is 7.18. The Hall–Kier alpha value is -2.14. The highest BCUT2D eigenvalue weighted by Gasteiger charge is 2.26. The van der Waals surface area contributed by atoms with Crippen molar-refractivity contribution in [1.82, 2.24) is 9.88 Å². The van der Waals surface area contributed by atoms with E-state index in [2.05, 4.69) is 18.8 Å². The number of para-hydroxylation sites is 1. The van der Waals surface area contributed by atoms with E-state index < -0.39 is 0 Å². The summed E-state index contributed by atoms with van der Waals surface area (Å²) in [6.45, 7) is 6.08. The van der Waals surface area contributed by atoms with E-state index in [0.29, 0.717) is 44.0 Å². The van der Waals surface area contributed by atoms with Gasteiger partial charge in [0.15, 0.2) is 0 Å². The summed E-state index contributed by atoms with van der Waals surface area (Å²) in [4.78, 5) is 29.4. The van der Waals surface area contributed by atoms with E-state index >= 15 is 0 Å². The van der Waals surface area contributed by atoms with E-state index in [9.17, 15) is 9.59 Å². The number of nitrogens with zero attached hydrogens (tertiary/aromatic N) is 1. The summed E-state index contributed by atoms with van der Waals surface area (Å²) in [7, 11) is 0. The van der Waals surface area contributed by atoms with Crippen LogP contribution in [0.3, 0.4) is 0 Å². The lowest BCUT2D eigenvalue weighted by atomic mass is 10.0. The first-order valence-corrected chi connectivity index (χ1v) is 8.55. The number of carbonyl (C=O) groups excluding carboxylic acids is 1. The standard InChI is InChI=1S/C19H24N2O3/c1-13(2)17-12-21(9-10-24-17)18(22)8-7-15-11-14-5-3-4-6-16(14)20-19(15)23/h3-6,11,13,17H,7-10,12H2,1-2H3,(H,20,23). The van der Waals surface area contributed by atoms with Gasteiger partial charge in [-0.05, 0) is 29.9 Å². The minimum absolute atomic E-state index is 0.0940. The number of benzene rings is 1. The Balaban J connectivity index is 1.66. The van der Waals surface area contributed by atoms with Gasteiger partial charge in [-0.2, -0.15) is 0 Å². The van der Waals surface area contributed by atoms with Crippen LogP contribution in [0.2, 0.25) is 0 Å². The molecular formula is C19H24N2O3. The molecule has 2 heterocycles. The van der Waals surface area contributed by atoms with Crippen molar-refractivity contribution in [1.29, 1.82) is 0 Å². The largest absolute Gasteiger partial charge is 0.374 e. The van der Waals surface area contributed by atoms with Crippen molar-refractivity contribution in [3.63, 3.8) is 0 Å². The van der Waals surface area contributed by atoms with Crippen molar-refractivity contribution in [2.24, 2.45) is 5.92 Å². The Kier molecular flexibility index (Phi) is 5.00. The molecule has 24 heavy (non-hydrogen) atoms. The number of ether oxygens (including phenoxy) is 1. The smallest absolute Gasteiger partial charge is 0.251 e. The molecule has 128 valence electrons. The SMILES string of the molecule is CC(C)C1CN(C(=O)CCc2cc3ccccc3[nH]c2=O)CCO1. The summed E-state index contributed by atoms with van der Waals surface area (Å²) in [5.41, 5.74) is 1.38. The lowest BCUT2D eigenvalue weighted by Gasteiger charge is -2.35. The average Bonchev–Trinajstić information content (AvgIpc) is 2.59. The van der Waals surface area contributed by atoms with Crippen LogP contribution in [0.4, 0.5) is 0 Å². The first-order chi connectivity index (χ1) is 11.5. The van der Waals surface area contributed by atoms with Crippen LogP contribution >= 0.6 is 0 Å². The average molecular weight is 328 g/mol. The van der Waals surface area contributed by atoms with Gasteiger partial charge in [0.2, 0.25) is 5.91 Å². The van der Waals surface area contributed by atoms with Crippen LogP contribution < -0.4 is 5.56 Å². The molecule has 1 unspecified atom stereocenters. The Morgan fingerprint density at radius 3 is 2.96 bits per heavy atom. The number of nitrogens with one attached hydrogen (secondary N) is 1. The highest BCUT2D eigenvalue weighted by Crippen LogP contribution is 2.15. The summed E-state index contributed by atoms with van der Waals surface area (Å²) in [5.74, 6) is 0.487. The zero-order chi connectivity index (χ0) is 17.1. The van der Waals surface area contributed by atoms with Crippen molar-refractivity contribution in [2.75, 3.05) is 19.7 Å². The van der Waals surface area contributed by atoms with Crippen molar-refractivity contribution in [2.45, 2.75) is 32.8 Å². The van der Waals surface area contributed by atoms with Gasteiger partial charge in [0.25, 0.3) is 5.56 Å². The van der Waals surface area contributed by atoms with Crippen molar-refractivity contribution in [3.05, 3.63) is 46.2 Å². The topological polar surface area (TPSA) is 62.4 Å². The molecule has 5 nitrogen and oxygen atoms in total. The maximum atomic E-state index is 12.5. The minimum Gasteiger partial charge on any atom is -0.374 e. The van der Waals surface area contributed by atoms with Gasteiger partial charge in [0.05, 0.1) is 12.7 Å². The van der Waals surface area contributed by atoms with Crippen LogP contribution in [0.1, 0.15) is 25.8 Å². The molecule has 0 aliphatic carbocycles. The lowest BCUT2D eigenvalue weighted by molar-refractivity contribution is -0.140. The van der Waals surface area contributed by atoms with Crippen molar-refractivity contribution < 1.29 is 9.53 Å². The molecule has 1 aliphatic rings. The third-order valence-corrected chi connectivity index (χ3v) is 4.63. The third-order valence-electron chi connectivity index (χ3n) is 4.63. The number of hydrogen-bond donors (Lipinski definition) is 1. The molecule has 0 radical (unpaired) electrons. The molecule has 0 saturated carbocycles. The second-order valence-electron chi connectivity index (χ2n) is 6.70. The van der Waals surface area contributed by atoms with Gasteiger partial charge in [-0.1, -0.05) is 32.0 Å². The highest BCUT2D eigenvalue weighted by molar-refractivity contribution is 5.79. The molecule has 1 aromatic heterocycles. The first-order valence-electron chi connectivity index (χ1n) is 8.55. The maximum absolute atomic E-state index is 12.5. The van der Waals surface area contributed by atoms with E-state index in [1.807, 2.05) is 35.2 Å². The number of H-pyrrole nitrogens is 1. The number of carbonyl (C=O) groups is 1. The molecule has 1 atom stereocenters. The molecule has 1 aliphatic heterocycles. The lowest BCUT2D eigenvalue weighted by Crippen LogP contribution is -2.47. The fourth-order valence-electron chi connectivity index (χ4n) is 3.08. The normalized spacial score (nSPS) is 18.3. The van der Waals surface area contributed by atoms with Gasteiger partial charge in [-0.25, -0.2) is 0 Å². The predicted octanol–water partition coefficient (Wildman–Crippen LogP) is 2.34. The molecule has 1 aromatic carbocycles. The number of aryl methyl sites for hydroxylation is 1. The fraction of sp³-hybridized carbons (Fsp3) is 0.474. The third kappa shape index (κ3) is 3.67. The van der Waals surface area contributed by atoms with Gasteiger partial charge in [0, 0.05) is 30.6 Å². The summed E-state index contributed by atoms with van der Waals surface area (Å²) < 4.78 is 5.70. The Labute approximate surface area is 141 Å². The molecule has 1 amide bonds. The van der Waals surface area contributed by atoms with Crippen LogP contribution in [-0.2, 0) is 16.0 Å². The molecule has 5 heteroatoms. The Morgan fingerprint density at radius 2 is 2.17 bits per heavy atom. The summed E-state index contributed by atoms with van der Waals surface area (Å²) in [6.07, 6.45) is 0.918. The Bertz CT molecular complexity index is 782. The zero-order valence-corrected chi connectivity index (χ0v) is 14.2. The Morgan fingerprint density at radius 1 is 1.38 bits per heavy atom. The number of amides is 1. The van der Waals surface area contributed by atoms with E-state index in [1.165, 1.54) is 0 Å².